The molecule has 2 N–H and O–H groups in total. The summed E-state index contributed by atoms with van der Waals surface area (Å²) in [6.07, 6.45) is 3.08. The highest BCUT2D eigenvalue weighted by Gasteiger charge is 2.07. The van der Waals surface area contributed by atoms with Gasteiger partial charge in [-0.2, -0.15) is 0 Å². The molecule has 1 aromatic carbocycles. The standard InChI is InChI=1S/C12H11FN4S/c1-17(9-4-2-8(13)3-5-9)11-7-15-10(6-16-11)12(14)18/h2-7H,1H3,(H2,14,18). The number of nitrogens with two attached hydrogens (primary N) is 1. The summed E-state index contributed by atoms with van der Waals surface area (Å²) in [7, 11) is 1.82. The molecule has 0 amide bonds. The molecule has 0 saturated heterocycles. The van der Waals surface area contributed by atoms with Crippen molar-refractivity contribution in [2.45, 2.75) is 0 Å². The van der Waals surface area contributed by atoms with Crippen molar-refractivity contribution in [2.75, 3.05) is 11.9 Å². The molecule has 0 radical (unpaired) electrons. The summed E-state index contributed by atoms with van der Waals surface area (Å²) in [6, 6.07) is 6.11. The Morgan fingerprint density at radius 2 is 1.89 bits per heavy atom. The molecule has 0 spiro atoms. The number of aromatic nitrogens is 2. The van der Waals surface area contributed by atoms with E-state index in [1.54, 1.807) is 23.2 Å². The highest BCUT2D eigenvalue weighted by atomic mass is 32.1. The van der Waals surface area contributed by atoms with Crippen LogP contribution in [-0.2, 0) is 0 Å². The second-order valence-corrected chi connectivity index (χ2v) is 4.10. The average Bonchev–Trinajstić information content (AvgIpc) is 2.39. The highest BCUT2D eigenvalue weighted by molar-refractivity contribution is 7.80. The maximum absolute atomic E-state index is 12.8. The number of hydrogen-bond donors (Lipinski definition) is 1. The van der Waals surface area contributed by atoms with Gasteiger partial charge in [-0.1, -0.05) is 12.2 Å². The van der Waals surface area contributed by atoms with Crippen LogP contribution in [0.5, 0.6) is 0 Å². The van der Waals surface area contributed by atoms with E-state index in [4.69, 9.17) is 18.0 Å². The molecule has 0 unspecified atom stereocenters. The Morgan fingerprint density at radius 1 is 1.22 bits per heavy atom. The van der Waals surface area contributed by atoms with Gasteiger partial charge in [-0.3, -0.25) is 0 Å². The van der Waals surface area contributed by atoms with Crippen LogP contribution in [-0.4, -0.2) is 22.0 Å². The van der Waals surface area contributed by atoms with E-state index in [1.807, 2.05) is 7.05 Å². The molecule has 0 bridgehead atoms. The van der Waals surface area contributed by atoms with Crippen LogP contribution in [0.2, 0.25) is 0 Å². The molecule has 0 aliphatic rings. The molecule has 0 aliphatic heterocycles. The van der Waals surface area contributed by atoms with Crippen LogP contribution in [0.4, 0.5) is 15.9 Å². The van der Waals surface area contributed by atoms with E-state index in [-0.39, 0.29) is 10.8 Å². The van der Waals surface area contributed by atoms with Crippen LogP contribution in [0.1, 0.15) is 5.69 Å². The molecule has 1 heterocycles. The Kier molecular flexibility index (Phi) is 3.47. The summed E-state index contributed by atoms with van der Waals surface area (Å²) >= 11 is 4.80. The maximum atomic E-state index is 12.8. The molecular weight excluding hydrogens is 251 g/mol. The Bertz CT molecular complexity index is 553. The van der Waals surface area contributed by atoms with Gasteiger partial charge in [-0.25, -0.2) is 14.4 Å². The van der Waals surface area contributed by atoms with Gasteiger partial charge < -0.3 is 10.6 Å². The molecule has 4 nitrogen and oxygen atoms in total. The van der Waals surface area contributed by atoms with E-state index in [2.05, 4.69) is 9.97 Å². The van der Waals surface area contributed by atoms with Crippen LogP contribution in [0.25, 0.3) is 0 Å². The van der Waals surface area contributed by atoms with Crippen LogP contribution in [0.15, 0.2) is 36.7 Å². The number of rotatable bonds is 3. The van der Waals surface area contributed by atoms with E-state index in [0.717, 1.165) is 5.69 Å². The number of halogens is 1. The molecule has 18 heavy (non-hydrogen) atoms. The monoisotopic (exact) mass is 262 g/mol. The third-order valence-electron chi connectivity index (χ3n) is 2.45. The zero-order valence-corrected chi connectivity index (χ0v) is 10.5. The molecule has 0 saturated carbocycles. The van der Waals surface area contributed by atoms with Gasteiger partial charge in [0.05, 0.1) is 12.4 Å². The fourth-order valence-electron chi connectivity index (χ4n) is 1.42. The first-order valence-corrected chi connectivity index (χ1v) is 5.60. The lowest BCUT2D eigenvalue weighted by atomic mass is 10.3. The van der Waals surface area contributed by atoms with Gasteiger partial charge >= 0.3 is 0 Å². The summed E-state index contributed by atoms with van der Waals surface area (Å²) < 4.78 is 12.8. The quantitative estimate of drug-likeness (QED) is 0.858. The predicted molar refractivity (Wildman–Crippen MR) is 72.4 cm³/mol. The minimum Gasteiger partial charge on any atom is -0.388 e. The van der Waals surface area contributed by atoms with Gasteiger partial charge in [0.1, 0.15) is 16.5 Å². The topological polar surface area (TPSA) is 55.0 Å². The van der Waals surface area contributed by atoms with Crippen LogP contribution in [0, 0.1) is 5.82 Å². The lowest BCUT2D eigenvalue weighted by molar-refractivity contribution is 0.628. The zero-order chi connectivity index (χ0) is 13.1. The van der Waals surface area contributed by atoms with E-state index >= 15 is 0 Å². The third-order valence-corrected chi connectivity index (χ3v) is 2.66. The Labute approximate surface area is 109 Å². The zero-order valence-electron chi connectivity index (χ0n) is 9.67. The molecule has 2 aromatic rings. The molecule has 6 heteroatoms. The minimum absolute atomic E-state index is 0.207. The van der Waals surface area contributed by atoms with Crippen molar-refractivity contribution in [3.8, 4) is 0 Å². The lowest BCUT2D eigenvalue weighted by Gasteiger charge is -2.17. The van der Waals surface area contributed by atoms with Crippen molar-refractivity contribution in [2.24, 2.45) is 5.73 Å². The second kappa shape index (κ2) is 5.05. The normalized spacial score (nSPS) is 10.1. The number of nitrogens with zero attached hydrogens (tertiary/aromatic N) is 3. The minimum atomic E-state index is -0.276. The first-order valence-electron chi connectivity index (χ1n) is 5.19. The summed E-state index contributed by atoms with van der Waals surface area (Å²) in [6.45, 7) is 0. The van der Waals surface area contributed by atoms with Crippen molar-refractivity contribution in [1.82, 2.24) is 9.97 Å². The van der Waals surface area contributed by atoms with Gasteiger partial charge in [0, 0.05) is 12.7 Å². The molecule has 1 aromatic heterocycles. The second-order valence-electron chi connectivity index (χ2n) is 3.66. The van der Waals surface area contributed by atoms with Crippen molar-refractivity contribution < 1.29 is 4.39 Å². The molecule has 2 rings (SSSR count). The first-order chi connectivity index (χ1) is 8.58. The first kappa shape index (κ1) is 12.4. The Morgan fingerprint density at radius 3 is 2.39 bits per heavy atom. The van der Waals surface area contributed by atoms with Gasteiger partial charge in [0.15, 0.2) is 5.82 Å². The lowest BCUT2D eigenvalue weighted by Crippen LogP contribution is -2.15. The van der Waals surface area contributed by atoms with Crippen molar-refractivity contribution in [3.05, 3.63) is 48.2 Å². The number of hydrogen-bond acceptors (Lipinski definition) is 4. The largest absolute Gasteiger partial charge is 0.388 e. The predicted octanol–water partition coefficient (Wildman–Crippen LogP) is 2.02. The molecular formula is C12H11FN4S. The van der Waals surface area contributed by atoms with Crippen molar-refractivity contribution in [1.29, 1.82) is 0 Å². The summed E-state index contributed by atoms with van der Waals surface area (Å²) in [5.74, 6) is 0.351. The van der Waals surface area contributed by atoms with Crippen LogP contribution in [0.3, 0.4) is 0 Å². The number of thiocarbonyl (C=S) groups is 1. The molecule has 92 valence electrons. The maximum Gasteiger partial charge on any atom is 0.151 e. The Balaban J connectivity index is 2.25. The van der Waals surface area contributed by atoms with E-state index in [1.165, 1.54) is 18.3 Å². The summed E-state index contributed by atoms with van der Waals surface area (Å²) in [5, 5.41) is 0. The van der Waals surface area contributed by atoms with Gasteiger partial charge in [0.2, 0.25) is 0 Å². The molecule has 0 atom stereocenters. The third kappa shape index (κ3) is 2.60. The van der Waals surface area contributed by atoms with Gasteiger partial charge in [-0.15, -0.1) is 0 Å². The van der Waals surface area contributed by atoms with Gasteiger partial charge in [-0.05, 0) is 24.3 Å². The Hall–Kier alpha value is -2.08. The van der Waals surface area contributed by atoms with E-state index < -0.39 is 0 Å². The molecule has 0 fully saturated rings. The van der Waals surface area contributed by atoms with Crippen LogP contribution < -0.4 is 10.6 Å². The summed E-state index contributed by atoms with van der Waals surface area (Å²) in [5.41, 5.74) is 6.73. The smallest absolute Gasteiger partial charge is 0.151 e. The van der Waals surface area contributed by atoms with Crippen molar-refractivity contribution in [3.63, 3.8) is 0 Å². The average molecular weight is 262 g/mol. The molecule has 0 aliphatic carbocycles. The number of anilines is 2. The fraction of sp³-hybridized carbons (Fsp3) is 0.0833. The van der Waals surface area contributed by atoms with Gasteiger partial charge in [0.25, 0.3) is 0 Å². The van der Waals surface area contributed by atoms with Crippen molar-refractivity contribution >= 4 is 28.7 Å². The van der Waals surface area contributed by atoms with Crippen LogP contribution >= 0.6 is 12.2 Å². The van der Waals surface area contributed by atoms with E-state index in [9.17, 15) is 4.39 Å². The SMILES string of the molecule is CN(c1ccc(F)cc1)c1cnc(C(N)=S)cn1. The number of benzene rings is 1. The fourth-order valence-corrected chi connectivity index (χ4v) is 1.52. The van der Waals surface area contributed by atoms with E-state index in [0.29, 0.717) is 11.5 Å². The summed E-state index contributed by atoms with van der Waals surface area (Å²) in [4.78, 5) is 10.3. The highest BCUT2D eigenvalue weighted by Crippen LogP contribution is 2.20.